The van der Waals surface area contributed by atoms with E-state index < -0.39 is 0 Å². The molecule has 0 fully saturated rings. The molecular weight excluding hydrogens is 308 g/mol. The molecular formula is C18H22N2O2S. The topological polar surface area (TPSA) is 51.2 Å². The maximum atomic E-state index is 12.2. The summed E-state index contributed by atoms with van der Waals surface area (Å²) >= 11 is 1.65. The molecule has 0 radical (unpaired) electrons. The van der Waals surface area contributed by atoms with Crippen molar-refractivity contribution in [1.29, 1.82) is 0 Å². The number of benzene rings is 1. The van der Waals surface area contributed by atoms with Gasteiger partial charge in [-0.05, 0) is 37.0 Å². The zero-order valence-electron chi connectivity index (χ0n) is 13.6. The number of hydrogen-bond donors (Lipinski definition) is 1. The normalized spacial score (nSPS) is 14.7. The molecule has 2 aromatic rings. The molecule has 0 saturated carbocycles. The van der Waals surface area contributed by atoms with Gasteiger partial charge >= 0.3 is 0 Å². The third-order valence-corrected chi connectivity index (χ3v) is 5.20. The number of aryl methyl sites for hydroxylation is 2. The molecule has 1 aliphatic heterocycles. The number of hydrogen-bond acceptors (Lipinski definition) is 4. The van der Waals surface area contributed by atoms with Crippen LogP contribution in [0.1, 0.15) is 41.1 Å². The quantitative estimate of drug-likeness (QED) is 0.915. The van der Waals surface area contributed by atoms with Crippen molar-refractivity contribution in [1.82, 2.24) is 10.3 Å². The van der Waals surface area contributed by atoms with Crippen molar-refractivity contribution in [3.63, 3.8) is 0 Å². The fraction of sp³-hybridized carbons (Fsp3) is 0.444. The Morgan fingerprint density at radius 2 is 2.35 bits per heavy atom. The van der Waals surface area contributed by atoms with E-state index in [0.717, 1.165) is 41.5 Å². The van der Waals surface area contributed by atoms with E-state index in [0.29, 0.717) is 13.0 Å². The monoisotopic (exact) mass is 330 g/mol. The van der Waals surface area contributed by atoms with Crippen LogP contribution in [0.4, 0.5) is 0 Å². The van der Waals surface area contributed by atoms with E-state index in [1.165, 1.54) is 5.56 Å². The number of fused-ring (bicyclic) bond motifs is 1. The Morgan fingerprint density at radius 3 is 3.13 bits per heavy atom. The molecule has 0 saturated heterocycles. The molecule has 0 bridgehead atoms. The van der Waals surface area contributed by atoms with Gasteiger partial charge in [0.05, 0.1) is 18.0 Å². The van der Waals surface area contributed by atoms with E-state index in [-0.39, 0.29) is 11.8 Å². The van der Waals surface area contributed by atoms with E-state index in [9.17, 15) is 4.79 Å². The smallest absolute Gasteiger partial charge is 0.224 e. The molecule has 3 rings (SSSR count). The van der Waals surface area contributed by atoms with Gasteiger partial charge in [-0.15, -0.1) is 11.3 Å². The van der Waals surface area contributed by atoms with Crippen LogP contribution in [0.5, 0.6) is 5.75 Å². The lowest BCUT2D eigenvalue weighted by molar-refractivity contribution is -0.120. The maximum Gasteiger partial charge on any atom is 0.224 e. The van der Waals surface area contributed by atoms with Crippen LogP contribution in [-0.4, -0.2) is 24.0 Å². The number of amides is 1. The molecule has 4 nitrogen and oxygen atoms in total. The van der Waals surface area contributed by atoms with Crippen LogP contribution < -0.4 is 10.1 Å². The Labute approximate surface area is 140 Å². The fourth-order valence-corrected chi connectivity index (χ4v) is 3.58. The SMILES string of the molecule is Cc1csc(C(C)CNC(=O)Cc2ccc3c(c2)CCCO3)n1. The highest BCUT2D eigenvalue weighted by atomic mass is 32.1. The van der Waals surface area contributed by atoms with Crippen LogP contribution in [0.3, 0.4) is 0 Å². The van der Waals surface area contributed by atoms with Crippen LogP contribution in [0, 0.1) is 6.92 Å². The number of ether oxygens (including phenoxy) is 1. The van der Waals surface area contributed by atoms with Gasteiger partial charge < -0.3 is 10.1 Å². The Morgan fingerprint density at radius 1 is 1.48 bits per heavy atom. The first-order valence-electron chi connectivity index (χ1n) is 8.05. The summed E-state index contributed by atoms with van der Waals surface area (Å²) in [6.45, 7) is 5.50. The lowest BCUT2D eigenvalue weighted by Crippen LogP contribution is -2.29. The maximum absolute atomic E-state index is 12.2. The number of thiazole rings is 1. The minimum atomic E-state index is 0.0572. The van der Waals surface area contributed by atoms with Gasteiger partial charge in [-0.3, -0.25) is 4.79 Å². The van der Waals surface area contributed by atoms with Gasteiger partial charge in [0.1, 0.15) is 5.75 Å². The fourth-order valence-electron chi connectivity index (χ4n) is 2.72. The van der Waals surface area contributed by atoms with Crippen LogP contribution in [0.25, 0.3) is 0 Å². The Hall–Kier alpha value is -1.88. The van der Waals surface area contributed by atoms with Crippen molar-refractivity contribution in [3.8, 4) is 5.75 Å². The van der Waals surface area contributed by atoms with Gasteiger partial charge in [0.15, 0.2) is 0 Å². The van der Waals surface area contributed by atoms with E-state index in [4.69, 9.17) is 4.74 Å². The molecule has 1 unspecified atom stereocenters. The predicted octanol–water partition coefficient (Wildman–Crippen LogP) is 3.24. The van der Waals surface area contributed by atoms with Crippen LogP contribution in [0.2, 0.25) is 0 Å². The van der Waals surface area contributed by atoms with Crippen molar-refractivity contribution in [2.45, 2.75) is 39.0 Å². The molecule has 23 heavy (non-hydrogen) atoms. The number of carbonyl (C=O) groups excluding carboxylic acids is 1. The number of rotatable bonds is 5. The third kappa shape index (κ3) is 4.10. The van der Waals surface area contributed by atoms with E-state index >= 15 is 0 Å². The highest BCUT2D eigenvalue weighted by Gasteiger charge is 2.14. The van der Waals surface area contributed by atoms with Crippen LogP contribution in [-0.2, 0) is 17.6 Å². The van der Waals surface area contributed by atoms with Crippen molar-refractivity contribution in [2.24, 2.45) is 0 Å². The predicted molar refractivity (Wildman–Crippen MR) is 92.2 cm³/mol. The van der Waals surface area contributed by atoms with Gasteiger partial charge in [-0.2, -0.15) is 0 Å². The molecule has 1 atom stereocenters. The number of nitrogens with one attached hydrogen (secondary N) is 1. The third-order valence-electron chi connectivity index (χ3n) is 4.00. The van der Waals surface area contributed by atoms with Crippen molar-refractivity contribution in [3.05, 3.63) is 45.4 Å². The average Bonchev–Trinajstić information content (AvgIpc) is 2.99. The first-order chi connectivity index (χ1) is 11.1. The van der Waals surface area contributed by atoms with Gasteiger partial charge in [0, 0.05) is 23.5 Å². The average molecular weight is 330 g/mol. The van der Waals surface area contributed by atoms with E-state index in [2.05, 4.69) is 23.3 Å². The molecule has 1 amide bonds. The second kappa shape index (κ2) is 7.13. The summed E-state index contributed by atoms with van der Waals surface area (Å²) in [4.78, 5) is 16.6. The lowest BCUT2D eigenvalue weighted by atomic mass is 10.0. The standard InChI is InChI=1S/C18H22N2O2S/c1-12(18-20-13(2)11-23-18)10-19-17(21)9-14-5-6-16-15(8-14)4-3-7-22-16/h5-6,8,11-12H,3-4,7,9-10H2,1-2H3,(H,19,21). The Kier molecular flexibility index (Phi) is 4.96. The minimum absolute atomic E-state index is 0.0572. The molecule has 1 aromatic heterocycles. The molecule has 2 heterocycles. The zero-order chi connectivity index (χ0) is 16.2. The molecule has 1 aliphatic rings. The molecule has 5 heteroatoms. The number of aromatic nitrogens is 1. The number of nitrogens with zero attached hydrogens (tertiary/aromatic N) is 1. The molecule has 122 valence electrons. The molecule has 1 N–H and O–H groups in total. The van der Waals surface area contributed by atoms with Crippen LogP contribution in [0.15, 0.2) is 23.6 Å². The summed E-state index contributed by atoms with van der Waals surface area (Å²) in [5.41, 5.74) is 3.30. The Balaban J connectivity index is 1.53. The molecule has 1 aromatic carbocycles. The first-order valence-corrected chi connectivity index (χ1v) is 8.93. The van der Waals surface area contributed by atoms with Crippen LogP contribution >= 0.6 is 11.3 Å². The second-order valence-corrected chi connectivity index (χ2v) is 6.99. The second-order valence-electron chi connectivity index (χ2n) is 6.10. The minimum Gasteiger partial charge on any atom is -0.493 e. The van der Waals surface area contributed by atoms with Crippen molar-refractivity contribution in [2.75, 3.05) is 13.2 Å². The van der Waals surface area contributed by atoms with Gasteiger partial charge in [0.2, 0.25) is 5.91 Å². The summed E-state index contributed by atoms with van der Waals surface area (Å²) < 4.78 is 5.61. The van der Waals surface area contributed by atoms with E-state index in [1.54, 1.807) is 11.3 Å². The first kappa shape index (κ1) is 16.0. The van der Waals surface area contributed by atoms with Crippen molar-refractivity contribution >= 4 is 17.2 Å². The summed E-state index contributed by atoms with van der Waals surface area (Å²) in [5, 5.41) is 6.14. The highest BCUT2D eigenvalue weighted by molar-refractivity contribution is 7.09. The highest BCUT2D eigenvalue weighted by Crippen LogP contribution is 2.25. The molecule has 0 aliphatic carbocycles. The van der Waals surface area contributed by atoms with Gasteiger partial charge in [-0.25, -0.2) is 4.98 Å². The van der Waals surface area contributed by atoms with E-state index in [1.807, 2.05) is 24.4 Å². The summed E-state index contributed by atoms with van der Waals surface area (Å²) in [5.74, 6) is 1.27. The zero-order valence-corrected chi connectivity index (χ0v) is 14.4. The Bertz CT molecular complexity index is 696. The molecule has 0 spiro atoms. The van der Waals surface area contributed by atoms with Gasteiger partial charge in [-0.1, -0.05) is 19.1 Å². The van der Waals surface area contributed by atoms with Gasteiger partial charge in [0.25, 0.3) is 0 Å². The number of carbonyl (C=O) groups is 1. The largest absolute Gasteiger partial charge is 0.493 e. The summed E-state index contributed by atoms with van der Waals surface area (Å²) in [6.07, 6.45) is 2.50. The summed E-state index contributed by atoms with van der Waals surface area (Å²) in [6, 6.07) is 6.07. The lowest BCUT2D eigenvalue weighted by Gasteiger charge is -2.18. The van der Waals surface area contributed by atoms with Crippen molar-refractivity contribution < 1.29 is 9.53 Å². The summed E-state index contributed by atoms with van der Waals surface area (Å²) in [7, 11) is 0.